The molecule has 0 saturated heterocycles. The Hall–Kier alpha value is -2.77. The second kappa shape index (κ2) is 5.25. The summed E-state index contributed by atoms with van der Waals surface area (Å²) in [6.45, 7) is 1.31. The summed E-state index contributed by atoms with van der Waals surface area (Å²) in [6, 6.07) is 3.23. The van der Waals surface area contributed by atoms with Gasteiger partial charge in [0.2, 0.25) is 5.91 Å². The zero-order valence-electron chi connectivity index (χ0n) is 10.0. The third kappa shape index (κ3) is 2.73. The second-order valence-corrected chi connectivity index (χ2v) is 3.76. The summed E-state index contributed by atoms with van der Waals surface area (Å²) in [5.41, 5.74) is 0.367. The lowest BCUT2D eigenvalue weighted by Gasteiger charge is -2.11. The minimum Gasteiger partial charge on any atom is -0.481 e. The van der Waals surface area contributed by atoms with Crippen LogP contribution in [0.2, 0.25) is 0 Å². The lowest BCUT2D eigenvalue weighted by molar-refractivity contribution is -0.144. The minimum absolute atomic E-state index is 0.367. The molecule has 2 rings (SSSR count). The SMILES string of the molecule is CC(C(=O)O)C(=O)Nc1cccnc1-n1cncn1. The summed E-state index contributed by atoms with van der Waals surface area (Å²) < 4.78 is 1.38. The van der Waals surface area contributed by atoms with Crippen LogP contribution in [0.5, 0.6) is 0 Å². The highest BCUT2D eigenvalue weighted by Gasteiger charge is 2.21. The predicted octanol–water partition coefficient (Wildman–Crippen LogP) is 0.321. The van der Waals surface area contributed by atoms with Gasteiger partial charge in [-0.3, -0.25) is 9.59 Å². The Labute approximate surface area is 108 Å². The molecular formula is C11H11N5O3. The highest BCUT2D eigenvalue weighted by atomic mass is 16.4. The van der Waals surface area contributed by atoms with E-state index in [4.69, 9.17) is 5.11 Å². The Balaban J connectivity index is 2.27. The number of hydrogen-bond donors (Lipinski definition) is 2. The van der Waals surface area contributed by atoms with Crippen LogP contribution in [0.4, 0.5) is 5.69 Å². The standard InChI is InChI=1S/C11H11N5O3/c1-7(11(18)19)10(17)15-8-3-2-4-13-9(8)16-6-12-5-14-16/h2-7H,1H3,(H,15,17)(H,18,19). The van der Waals surface area contributed by atoms with E-state index in [0.29, 0.717) is 11.5 Å². The molecule has 98 valence electrons. The van der Waals surface area contributed by atoms with Gasteiger partial charge >= 0.3 is 5.97 Å². The first-order valence-corrected chi connectivity index (χ1v) is 5.43. The molecule has 0 aliphatic heterocycles. The maximum Gasteiger partial charge on any atom is 0.315 e. The van der Waals surface area contributed by atoms with Crippen LogP contribution in [-0.4, -0.2) is 36.7 Å². The lowest BCUT2D eigenvalue weighted by atomic mass is 10.1. The second-order valence-electron chi connectivity index (χ2n) is 3.76. The van der Waals surface area contributed by atoms with Gasteiger partial charge in [0.1, 0.15) is 18.6 Å². The van der Waals surface area contributed by atoms with Crippen LogP contribution in [0.15, 0.2) is 31.0 Å². The van der Waals surface area contributed by atoms with Crippen molar-refractivity contribution in [2.24, 2.45) is 5.92 Å². The van der Waals surface area contributed by atoms with Crippen LogP contribution in [-0.2, 0) is 9.59 Å². The third-order valence-corrected chi connectivity index (χ3v) is 2.44. The fourth-order valence-electron chi connectivity index (χ4n) is 1.35. The molecule has 1 amide bonds. The Morgan fingerprint density at radius 1 is 1.47 bits per heavy atom. The molecule has 19 heavy (non-hydrogen) atoms. The van der Waals surface area contributed by atoms with E-state index < -0.39 is 17.8 Å². The molecule has 2 aromatic rings. The van der Waals surface area contributed by atoms with Crippen molar-refractivity contribution in [3.8, 4) is 5.82 Å². The number of anilines is 1. The van der Waals surface area contributed by atoms with E-state index in [2.05, 4.69) is 20.4 Å². The van der Waals surface area contributed by atoms with Crippen molar-refractivity contribution in [1.82, 2.24) is 19.7 Å². The molecule has 2 N–H and O–H groups in total. The van der Waals surface area contributed by atoms with Gasteiger partial charge in [0.15, 0.2) is 5.82 Å². The molecule has 0 aliphatic rings. The van der Waals surface area contributed by atoms with E-state index in [1.54, 1.807) is 12.1 Å². The molecule has 1 unspecified atom stereocenters. The number of aliphatic carboxylic acids is 1. The number of carboxylic acid groups (broad SMARTS) is 1. The molecule has 2 heterocycles. The lowest BCUT2D eigenvalue weighted by Crippen LogP contribution is -2.27. The molecule has 0 radical (unpaired) electrons. The number of pyridine rings is 1. The normalized spacial score (nSPS) is 11.8. The van der Waals surface area contributed by atoms with Gasteiger partial charge in [-0.1, -0.05) is 0 Å². The minimum atomic E-state index is -1.19. The number of aromatic nitrogens is 4. The molecule has 2 aromatic heterocycles. The third-order valence-electron chi connectivity index (χ3n) is 2.44. The predicted molar refractivity (Wildman–Crippen MR) is 64.6 cm³/mol. The van der Waals surface area contributed by atoms with Crippen LogP contribution >= 0.6 is 0 Å². The zero-order chi connectivity index (χ0) is 13.8. The number of amides is 1. The summed E-state index contributed by atoms with van der Waals surface area (Å²) >= 11 is 0. The smallest absolute Gasteiger partial charge is 0.315 e. The number of rotatable bonds is 4. The van der Waals surface area contributed by atoms with E-state index in [9.17, 15) is 9.59 Å². The summed E-state index contributed by atoms with van der Waals surface area (Å²) in [6.07, 6.45) is 4.30. The molecule has 1 atom stereocenters. The Morgan fingerprint density at radius 3 is 2.89 bits per heavy atom. The maximum atomic E-state index is 11.7. The van der Waals surface area contributed by atoms with E-state index >= 15 is 0 Å². The summed E-state index contributed by atoms with van der Waals surface area (Å²) in [4.78, 5) is 30.3. The largest absolute Gasteiger partial charge is 0.481 e. The molecular weight excluding hydrogens is 250 g/mol. The van der Waals surface area contributed by atoms with Crippen LogP contribution < -0.4 is 5.32 Å². The number of carbonyl (C=O) groups excluding carboxylic acids is 1. The molecule has 8 nitrogen and oxygen atoms in total. The summed E-state index contributed by atoms with van der Waals surface area (Å²) in [7, 11) is 0. The van der Waals surface area contributed by atoms with Gasteiger partial charge in [0.25, 0.3) is 0 Å². The Morgan fingerprint density at radius 2 is 2.26 bits per heavy atom. The van der Waals surface area contributed by atoms with Crippen LogP contribution in [0, 0.1) is 5.92 Å². The molecule has 0 spiro atoms. The van der Waals surface area contributed by atoms with Gasteiger partial charge in [0.05, 0.1) is 5.69 Å². The van der Waals surface area contributed by atoms with Gasteiger partial charge in [-0.25, -0.2) is 14.6 Å². The highest BCUT2D eigenvalue weighted by Crippen LogP contribution is 2.16. The highest BCUT2D eigenvalue weighted by molar-refractivity contribution is 6.04. The van der Waals surface area contributed by atoms with Crippen molar-refractivity contribution >= 4 is 17.6 Å². The van der Waals surface area contributed by atoms with E-state index in [0.717, 1.165) is 0 Å². The van der Waals surface area contributed by atoms with Crippen LogP contribution in [0.3, 0.4) is 0 Å². The van der Waals surface area contributed by atoms with Crippen molar-refractivity contribution in [2.45, 2.75) is 6.92 Å². The van der Waals surface area contributed by atoms with E-state index in [1.807, 2.05) is 0 Å². The van der Waals surface area contributed by atoms with Crippen LogP contribution in [0.1, 0.15) is 6.92 Å². The Bertz CT molecular complexity index is 596. The molecule has 0 aromatic carbocycles. The number of nitrogens with zero attached hydrogens (tertiary/aromatic N) is 4. The van der Waals surface area contributed by atoms with Crippen molar-refractivity contribution in [3.05, 3.63) is 31.0 Å². The number of hydrogen-bond acceptors (Lipinski definition) is 5. The number of carboxylic acids is 1. The fraction of sp³-hybridized carbons (Fsp3) is 0.182. The van der Waals surface area contributed by atoms with Gasteiger partial charge in [0, 0.05) is 6.20 Å². The summed E-state index contributed by atoms with van der Waals surface area (Å²) in [5.74, 6) is -2.60. The average Bonchev–Trinajstić information content (AvgIpc) is 2.92. The summed E-state index contributed by atoms with van der Waals surface area (Å²) in [5, 5.41) is 15.2. The molecule has 0 saturated carbocycles. The topological polar surface area (TPSA) is 110 Å². The van der Waals surface area contributed by atoms with Crippen molar-refractivity contribution in [1.29, 1.82) is 0 Å². The monoisotopic (exact) mass is 261 g/mol. The average molecular weight is 261 g/mol. The first kappa shape index (κ1) is 12.7. The molecule has 8 heteroatoms. The first-order chi connectivity index (χ1) is 9.09. The molecule has 0 bridgehead atoms. The van der Waals surface area contributed by atoms with Crippen molar-refractivity contribution < 1.29 is 14.7 Å². The van der Waals surface area contributed by atoms with Crippen LogP contribution in [0.25, 0.3) is 5.82 Å². The molecule has 0 aliphatic carbocycles. The number of nitrogens with one attached hydrogen (secondary N) is 1. The first-order valence-electron chi connectivity index (χ1n) is 5.43. The van der Waals surface area contributed by atoms with Gasteiger partial charge < -0.3 is 10.4 Å². The van der Waals surface area contributed by atoms with Gasteiger partial charge in [-0.15, -0.1) is 0 Å². The fourth-order valence-corrected chi connectivity index (χ4v) is 1.35. The maximum absolute atomic E-state index is 11.7. The molecule has 0 fully saturated rings. The van der Waals surface area contributed by atoms with Gasteiger partial charge in [-0.05, 0) is 19.1 Å². The zero-order valence-corrected chi connectivity index (χ0v) is 10.0. The van der Waals surface area contributed by atoms with Crippen molar-refractivity contribution in [3.63, 3.8) is 0 Å². The van der Waals surface area contributed by atoms with E-state index in [1.165, 1.54) is 30.5 Å². The number of carbonyl (C=O) groups is 2. The quantitative estimate of drug-likeness (QED) is 0.767. The van der Waals surface area contributed by atoms with Gasteiger partial charge in [-0.2, -0.15) is 5.10 Å². The van der Waals surface area contributed by atoms with E-state index in [-0.39, 0.29) is 0 Å². The van der Waals surface area contributed by atoms with Crippen molar-refractivity contribution in [2.75, 3.05) is 5.32 Å². The Kier molecular flexibility index (Phi) is 3.51.